The first-order valence-corrected chi connectivity index (χ1v) is 6.47. The number of nitrogens with zero attached hydrogens (tertiary/aromatic N) is 3. The first-order chi connectivity index (χ1) is 9.60. The average Bonchev–Trinajstić information content (AvgIpc) is 2.43. The fourth-order valence-electron chi connectivity index (χ4n) is 2.28. The van der Waals surface area contributed by atoms with Crippen LogP contribution in [0.5, 0.6) is 5.75 Å². The molecule has 4 nitrogen and oxygen atoms in total. The van der Waals surface area contributed by atoms with Gasteiger partial charge in [-0.05, 0) is 24.7 Å². The van der Waals surface area contributed by atoms with Crippen LogP contribution in [0.3, 0.4) is 0 Å². The van der Waals surface area contributed by atoms with Crippen LogP contribution in [-0.2, 0) is 0 Å². The number of alkyl halides is 2. The van der Waals surface area contributed by atoms with Gasteiger partial charge in [-0.2, -0.15) is 14.0 Å². The second-order valence-corrected chi connectivity index (χ2v) is 4.82. The van der Waals surface area contributed by atoms with Crippen molar-refractivity contribution >= 4 is 0 Å². The van der Waals surface area contributed by atoms with Crippen molar-refractivity contribution in [2.24, 2.45) is 0 Å². The molecule has 1 atom stereocenters. The SMILES string of the molecule is CN1CCN(C(C#N)c2ccc(OC(F)F)cc2)CC1. The lowest BCUT2D eigenvalue weighted by atomic mass is 10.1. The van der Waals surface area contributed by atoms with Crippen LogP contribution >= 0.6 is 0 Å². The third-order valence-electron chi connectivity index (χ3n) is 3.45. The number of piperazine rings is 1. The van der Waals surface area contributed by atoms with Crippen molar-refractivity contribution in [2.75, 3.05) is 33.2 Å². The fourth-order valence-corrected chi connectivity index (χ4v) is 2.28. The number of ether oxygens (including phenoxy) is 1. The Morgan fingerprint density at radius 1 is 1.15 bits per heavy atom. The predicted molar refractivity (Wildman–Crippen MR) is 70.5 cm³/mol. The van der Waals surface area contributed by atoms with Crippen LogP contribution in [0.1, 0.15) is 11.6 Å². The van der Waals surface area contributed by atoms with E-state index in [0.29, 0.717) is 0 Å². The zero-order valence-electron chi connectivity index (χ0n) is 11.3. The summed E-state index contributed by atoms with van der Waals surface area (Å²) in [5.74, 6) is 0.110. The highest BCUT2D eigenvalue weighted by Gasteiger charge is 2.23. The van der Waals surface area contributed by atoms with E-state index >= 15 is 0 Å². The zero-order chi connectivity index (χ0) is 14.5. The lowest BCUT2D eigenvalue weighted by Crippen LogP contribution is -2.45. The number of likely N-dealkylation sites (N-methyl/N-ethyl adjacent to an activating group) is 1. The number of hydrogen-bond donors (Lipinski definition) is 0. The van der Waals surface area contributed by atoms with E-state index in [4.69, 9.17) is 0 Å². The van der Waals surface area contributed by atoms with Gasteiger partial charge in [0.25, 0.3) is 0 Å². The Labute approximate surface area is 117 Å². The van der Waals surface area contributed by atoms with Crippen molar-refractivity contribution in [2.45, 2.75) is 12.7 Å². The summed E-state index contributed by atoms with van der Waals surface area (Å²) in [4.78, 5) is 4.31. The van der Waals surface area contributed by atoms with Gasteiger partial charge in [0.05, 0.1) is 6.07 Å². The smallest absolute Gasteiger partial charge is 0.387 e. The molecule has 0 saturated carbocycles. The molecule has 0 amide bonds. The number of hydrogen-bond acceptors (Lipinski definition) is 4. The van der Waals surface area contributed by atoms with E-state index in [2.05, 4.69) is 27.7 Å². The summed E-state index contributed by atoms with van der Waals surface area (Å²) in [6.07, 6.45) is 0. The molecule has 20 heavy (non-hydrogen) atoms. The van der Waals surface area contributed by atoms with Gasteiger partial charge < -0.3 is 9.64 Å². The Kier molecular flexibility index (Phi) is 4.88. The van der Waals surface area contributed by atoms with Crippen LogP contribution < -0.4 is 4.74 Å². The summed E-state index contributed by atoms with van der Waals surface area (Å²) in [6, 6.07) is 8.23. The van der Waals surface area contributed by atoms with E-state index in [1.165, 1.54) is 12.1 Å². The number of halogens is 2. The fraction of sp³-hybridized carbons (Fsp3) is 0.500. The molecule has 6 heteroatoms. The Hall–Kier alpha value is -1.71. The lowest BCUT2D eigenvalue weighted by Gasteiger charge is -2.35. The molecule has 1 fully saturated rings. The van der Waals surface area contributed by atoms with Gasteiger partial charge >= 0.3 is 6.61 Å². The normalized spacial score (nSPS) is 18.8. The van der Waals surface area contributed by atoms with Gasteiger partial charge in [0.15, 0.2) is 0 Å². The highest BCUT2D eigenvalue weighted by atomic mass is 19.3. The second kappa shape index (κ2) is 6.64. The van der Waals surface area contributed by atoms with Crippen molar-refractivity contribution in [3.63, 3.8) is 0 Å². The minimum absolute atomic E-state index is 0.110. The summed E-state index contributed by atoms with van der Waals surface area (Å²) < 4.78 is 28.5. The summed E-state index contributed by atoms with van der Waals surface area (Å²) >= 11 is 0. The van der Waals surface area contributed by atoms with E-state index in [9.17, 15) is 14.0 Å². The monoisotopic (exact) mass is 281 g/mol. The van der Waals surface area contributed by atoms with Gasteiger partial charge in [0.1, 0.15) is 11.8 Å². The Balaban J connectivity index is 2.06. The van der Waals surface area contributed by atoms with E-state index in [1.807, 2.05) is 0 Å². The first-order valence-electron chi connectivity index (χ1n) is 6.47. The topological polar surface area (TPSA) is 39.5 Å². The van der Waals surface area contributed by atoms with Crippen molar-refractivity contribution < 1.29 is 13.5 Å². The molecule has 1 heterocycles. The first kappa shape index (κ1) is 14.7. The molecular formula is C14H17F2N3O. The quantitative estimate of drug-likeness (QED) is 0.847. The maximum absolute atomic E-state index is 12.1. The second-order valence-electron chi connectivity index (χ2n) is 4.82. The molecule has 1 aromatic carbocycles. The molecule has 0 aromatic heterocycles. The Morgan fingerprint density at radius 3 is 2.25 bits per heavy atom. The van der Waals surface area contributed by atoms with Crippen LogP contribution in [0.4, 0.5) is 8.78 Å². The summed E-state index contributed by atoms with van der Waals surface area (Å²) in [5, 5.41) is 9.36. The summed E-state index contributed by atoms with van der Waals surface area (Å²) in [6.45, 7) is 0.661. The highest BCUT2D eigenvalue weighted by Crippen LogP contribution is 2.24. The average molecular weight is 281 g/mol. The molecule has 1 unspecified atom stereocenters. The van der Waals surface area contributed by atoms with Gasteiger partial charge in [0, 0.05) is 26.2 Å². The number of benzene rings is 1. The standard InChI is InChI=1S/C14H17F2N3O/c1-18-6-8-19(9-7-18)13(10-17)11-2-4-12(5-3-11)20-14(15)16/h2-5,13-14H,6-9H2,1H3. The van der Waals surface area contributed by atoms with Crippen LogP contribution in [-0.4, -0.2) is 49.6 Å². The molecule has 0 N–H and O–H groups in total. The Morgan fingerprint density at radius 2 is 1.75 bits per heavy atom. The van der Waals surface area contributed by atoms with Gasteiger partial charge in [0.2, 0.25) is 0 Å². The molecule has 1 saturated heterocycles. The van der Waals surface area contributed by atoms with E-state index in [0.717, 1.165) is 31.7 Å². The van der Waals surface area contributed by atoms with E-state index < -0.39 is 6.61 Å². The van der Waals surface area contributed by atoms with Crippen LogP contribution in [0.25, 0.3) is 0 Å². The van der Waals surface area contributed by atoms with Crippen LogP contribution in [0.15, 0.2) is 24.3 Å². The lowest BCUT2D eigenvalue weighted by molar-refractivity contribution is -0.0498. The minimum Gasteiger partial charge on any atom is -0.435 e. The van der Waals surface area contributed by atoms with Crippen molar-refractivity contribution in [1.82, 2.24) is 9.80 Å². The molecule has 1 aromatic rings. The van der Waals surface area contributed by atoms with Gasteiger partial charge in [-0.25, -0.2) is 0 Å². The largest absolute Gasteiger partial charge is 0.435 e. The van der Waals surface area contributed by atoms with E-state index in [-0.39, 0.29) is 11.8 Å². The maximum Gasteiger partial charge on any atom is 0.387 e. The van der Waals surface area contributed by atoms with Crippen molar-refractivity contribution in [3.05, 3.63) is 29.8 Å². The molecule has 0 aliphatic carbocycles. The van der Waals surface area contributed by atoms with Gasteiger partial charge in [-0.3, -0.25) is 4.90 Å². The molecule has 1 aliphatic heterocycles. The minimum atomic E-state index is -2.83. The van der Waals surface area contributed by atoms with Gasteiger partial charge in [-0.1, -0.05) is 12.1 Å². The Bertz CT molecular complexity index is 464. The predicted octanol–water partition coefficient (Wildman–Crippen LogP) is 2.10. The maximum atomic E-state index is 12.1. The highest BCUT2D eigenvalue weighted by molar-refractivity contribution is 5.31. The molecule has 0 bridgehead atoms. The summed E-state index contributed by atoms with van der Waals surface area (Å²) in [7, 11) is 2.05. The summed E-state index contributed by atoms with van der Waals surface area (Å²) in [5.41, 5.74) is 0.804. The number of rotatable bonds is 4. The molecule has 0 radical (unpaired) electrons. The van der Waals surface area contributed by atoms with Crippen LogP contribution in [0.2, 0.25) is 0 Å². The van der Waals surface area contributed by atoms with Crippen molar-refractivity contribution in [3.8, 4) is 11.8 Å². The molecule has 2 rings (SSSR count). The van der Waals surface area contributed by atoms with Crippen LogP contribution in [0, 0.1) is 11.3 Å². The van der Waals surface area contributed by atoms with Crippen molar-refractivity contribution in [1.29, 1.82) is 5.26 Å². The third kappa shape index (κ3) is 3.65. The zero-order valence-corrected chi connectivity index (χ0v) is 11.3. The molecule has 0 spiro atoms. The van der Waals surface area contributed by atoms with E-state index in [1.54, 1.807) is 12.1 Å². The third-order valence-corrected chi connectivity index (χ3v) is 3.45. The number of nitriles is 1. The van der Waals surface area contributed by atoms with Gasteiger partial charge in [-0.15, -0.1) is 0 Å². The molecule has 108 valence electrons. The molecular weight excluding hydrogens is 264 g/mol. The molecule has 1 aliphatic rings.